The fraction of sp³-hybridized carbons (Fsp3) is 0.120. The van der Waals surface area contributed by atoms with Crippen LogP contribution in [0.1, 0.15) is 23.6 Å². The topological polar surface area (TPSA) is 57.1 Å². The van der Waals surface area contributed by atoms with Crippen LogP contribution in [0.3, 0.4) is 0 Å². The third-order valence-electron chi connectivity index (χ3n) is 4.72. The second-order valence-electron chi connectivity index (χ2n) is 7.14. The molecule has 0 spiro atoms. The van der Waals surface area contributed by atoms with Crippen LogP contribution in [0.2, 0.25) is 0 Å². The first kappa shape index (κ1) is 25.6. The van der Waals surface area contributed by atoms with Crippen LogP contribution in [0.25, 0.3) is 6.08 Å². The van der Waals surface area contributed by atoms with E-state index in [1.54, 1.807) is 6.08 Å². The standard InChI is InChI=1S/C25H17Br2I2NO4/c1-2-32-22-11-15(9-20(29)23(22)33-13-14-3-6-17(26)7-4-14)10-21-25(31)34-24(30-21)16-5-8-19(28)18(27)12-16/h3-12H,2,13H2,1H3/b21-10-. The summed E-state index contributed by atoms with van der Waals surface area (Å²) in [6.07, 6.45) is 1.69. The number of cyclic esters (lactones) is 1. The van der Waals surface area contributed by atoms with E-state index in [4.69, 9.17) is 14.2 Å². The van der Waals surface area contributed by atoms with Crippen molar-refractivity contribution in [3.63, 3.8) is 0 Å². The SMILES string of the molecule is CCOc1cc(/C=C2\N=C(c3ccc(I)c(Br)c3)OC2=O)cc(I)c1OCc1ccc(Br)cc1. The Bertz CT molecular complexity index is 1310. The number of ether oxygens (including phenoxy) is 3. The van der Waals surface area contributed by atoms with Gasteiger partial charge in [-0.05, 0) is 128 Å². The Morgan fingerprint density at radius 2 is 1.76 bits per heavy atom. The van der Waals surface area contributed by atoms with E-state index in [2.05, 4.69) is 82.0 Å². The van der Waals surface area contributed by atoms with Crippen LogP contribution in [0.4, 0.5) is 0 Å². The van der Waals surface area contributed by atoms with Crippen molar-refractivity contribution in [2.24, 2.45) is 4.99 Å². The van der Waals surface area contributed by atoms with Gasteiger partial charge in [0.2, 0.25) is 5.90 Å². The van der Waals surface area contributed by atoms with Gasteiger partial charge in [-0.3, -0.25) is 0 Å². The van der Waals surface area contributed by atoms with Gasteiger partial charge in [0.05, 0.1) is 10.2 Å². The molecule has 9 heteroatoms. The highest BCUT2D eigenvalue weighted by molar-refractivity contribution is 14.1. The molecule has 5 nitrogen and oxygen atoms in total. The maximum atomic E-state index is 12.5. The second kappa shape index (κ2) is 11.5. The van der Waals surface area contributed by atoms with Gasteiger partial charge >= 0.3 is 5.97 Å². The van der Waals surface area contributed by atoms with E-state index in [1.165, 1.54) is 0 Å². The molecule has 0 amide bonds. The number of rotatable bonds is 7. The minimum atomic E-state index is -0.492. The first-order chi connectivity index (χ1) is 16.3. The third-order valence-corrected chi connectivity index (χ3v) is 8.39. The average molecular weight is 809 g/mol. The lowest BCUT2D eigenvalue weighted by Gasteiger charge is -2.15. The summed E-state index contributed by atoms with van der Waals surface area (Å²) in [6, 6.07) is 17.4. The fourth-order valence-corrected chi connectivity index (χ4v) is 4.89. The van der Waals surface area contributed by atoms with Gasteiger partial charge in [0.15, 0.2) is 17.2 Å². The van der Waals surface area contributed by atoms with Crippen molar-refractivity contribution in [1.82, 2.24) is 0 Å². The van der Waals surface area contributed by atoms with E-state index in [0.29, 0.717) is 24.7 Å². The van der Waals surface area contributed by atoms with Crippen LogP contribution in [-0.4, -0.2) is 18.5 Å². The summed E-state index contributed by atoms with van der Waals surface area (Å²) in [7, 11) is 0. The van der Waals surface area contributed by atoms with Crippen molar-refractivity contribution in [2.75, 3.05) is 6.61 Å². The predicted molar refractivity (Wildman–Crippen MR) is 156 cm³/mol. The zero-order valence-corrected chi connectivity index (χ0v) is 25.3. The van der Waals surface area contributed by atoms with Crippen LogP contribution in [0, 0.1) is 7.14 Å². The largest absolute Gasteiger partial charge is 0.490 e. The summed E-state index contributed by atoms with van der Waals surface area (Å²) in [5.74, 6) is 1.06. The molecule has 3 aromatic carbocycles. The summed E-state index contributed by atoms with van der Waals surface area (Å²) < 4.78 is 21.2. The first-order valence-electron chi connectivity index (χ1n) is 10.2. The summed E-state index contributed by atoms with van der Waals surface area (Å²) in [5.41, 5.74) is 2.77. The molecule has 0 N–H and O–H groups in total. The number of carbonyl (C=O) groups excluding carboxylic acids is 1. The summed E-state index contributed by atoms with van der Waals surface area (Å²) in [4.78, 5) is 16.9. The van der Waals surface area contributed by atoms with Crippen molar-refractivity contribution >= 4 is 95.0 Å². The Balaban J connectivity index is 1.61. The molecule has 0 atom stereocenters. The number of benzene rings is 3. The Kier molecular flexibility index (Phi) is 8.70. The molecule has 0 fully saturated rings. The van der Waals surface area contributed by atoms with E-state index in [9.17, 15) is 4.79 Å². The Hall–Kier alpha value is -1.44. The number of hydrogen-bond acceptors (Lipinski definition) is 5. The Labute approximate surface area is 241 Å². The molecule has 0 aliphatic carbocycles. The van der Waals surface area contributed by atoms with E-state index in [0.717, 1.165) is 32.8 Å². The molecule has 0 unspecified atom stereocenters. The summed E-state index contributed by atoms with van der Waals surface area (Å²) >= 11 is 11.4. The van der Waals surface area contributed by atoms with Crippen LogP contribution < -0.4 is 9.47 Å². The van der Waals surface area contributed by atoms with Crippen LogP contribution >= 0.6 is 77.0 Å². The molecule has 0 radical (unpaired) electrons. The number of halogens is 4. The summed E-state index contributed by atoms with van der Waals surface area (Å²) in [6.45, 7) is 2.81. The first-order valence-corrected chi connectivity index (χ1v) is 13.9. The maximum Gasteiger partial charge on any atom is 0.363 e. The number of nitrogens with zero attached hydrogens (tertiary/aromatic N) is 1. The molecular formula is C25H17Br2I2NO4. The van der Waals surface area contributed by atoms with Gasteiger partial charge < -0.3 is 14.2 Å². The lowest BCUT2D eigenvalue weighted by molar-refractivity contribution is -0.129. The van der Waals surface area contributed by atoms with Crippen molar-refractivity contribution in [3.05, 3.63) is 93.1 Å². The molecule has 4 rings (SSSR count). The van der Waals surface area contributed by atoms with Gasteiger partial charge in [0, 0.05) is 18.1 Å². The molecule has 0 bridgehead atoms. The molecule has 1 heterocycles. The molecule has 0 aromatic heterocycles. The smallest absolute Gasteiger partial charge is 0.363 e. The van der Waals surface area contributed by atoms with Crippen molar-refractivity contribution < 1.29 is 19.0 Å². The highest BCUT2D eigenvalue weighted by Gasteiger charge is 2.25. The van der Waals surface area contributed by atoms with Gasteiger partial charge in [-0.25, -0.2) is 9.79 Å². The van der Waals surface area contributed by atoms with Crippen LogP contribution in [0.15, 0.2) is 74.2 Å². The zero-order chi connectivity index (χ0) is 24.2. The molecule has 174 valence electrons. The Morgan fingerprint density at radius 1 is 1.00 bits per heavy atom. The van der Waals surface area contributed by atoms with E-state index < -0.39 is 5.97 Å². The minimum absolute atomic E-state index is 0.228. The number of esters is 1. The predicted octanol–water partition coefficient (Wildman–Crippen LogP) is 7.74. The van der Waals surface area contributed by atoms with Gasteiger partial charge in [-0.1, -0.05) is 28.1 Å². The van der Waals surface area contributed by atoms with Gasteiger partial charge in [-0.15, -0.1) is 0 Å². The average Bonchev–Trinajstić information content (AvgIpc) is 3.16. The molecule has 34 heavy (non-hydrogen) atoms. The highest BCUT2D eigenvalue weighted by atomic mass is 127. The number of carbonyl (C=O) groups is 1. The van der Waals surface area contributed by atoms with Crippen molar-refractivity contribution in [1.29, 1.82) is 0 Å². The zero-order valence-electron chi connectivity index (χ0n) is 17.8. The fourth-order valence-electron chi connectivity index (χ4n) is 3.13. The monoisotopic (exact) mass is 807 g/mol. The van der Waals surface area contributed by atoms with Gasteiger partial charge in [0.25, 0.3) is 0 Å². The summed E-state index contributed by atoms with van der Waals surface area (Å²) in [5, 5.41) is 0. The minimum Gasteiger partial charge on any atom is -0.490 e. The van der Waals surface area contributed by atoms with E-state index in [1.807, 2.05) is 61.5 Å². The quantitative estimate of drug-likeness (QED) is 0.139. The highest BCUT2D eigenvalue weighted by Crippen LogP contribution is 2.36. The molecule has 0 saturated carbocycles. The lowest BCUT2D eigenvalue weighted by Crippen LogP contribution is -2.05. The molecule has 1 aliphatic rings. The van der Waals surface area contributed by atoms with Crippen LogP contribution in [0.5, 0.6) is 11.5 Å². The van der Waals surface area contributed by atoms with Crippen molar-refractivity contribution in [2.45, 2.75) is 13.5 Å². The second-order valence-corrected chi connectivity index (χ2v) is 11.2. The molecule has 0 saturated heterocycles. The van der Waals surface area contributed by atoms with Crippen molar-refractivity contribution in [3.8, 4) is 11.5 Å². The number of hydrogen-bond donors (Lipinski definition) is 0. The molecule has 1 aliphatic heterocycles. The van der Waals surface area contributed by atoms with Gasteiger partial charge in [0.1, 0.15) is 6.61 Å². The molecular weight excluding hydrogens is 792 g/mol. The number of aliphatic imine (C=N–C) groups is 1. The molecule has 3 aromatic rings. The van der Waals surface area contributed by atoms with Gasteiger partial charge in [-0.2, -0.15) is 0 Å². The third kappa shape index (κ3) is 6.21. The van der Waals surface area contributed by atoms with E-state index >= 15 is 0 Å². The normalized spacial score (nSPS) is 14.2. The Morgan fingerprint density at radius 3 is 2.47 bits per heavy atom. The van der Waals surface area contributed by atoms with E-state index in [-0.39, 0.29) is 11.6 Å². The maximum absolute atomic E-state index is 12.5. The lowest BCUT2D eigenvalue weighted by atomic mass is 10.1. The van der Waals surface area contributed by atoms with Crippen LogP contribution in [-0.2, 0) is 16.1 Å².